The van der Waals surface area contributed by atoms with Gasteiger partial charge in [-0.25, -0.2) is 9.78 Å². The number of carboxylic acids is 1. The van der Waals surface area contributed by atoms with Gasteiger partial charge in [-0.3, -0.25) is 0 Å². The summed E-state index contributed by atoms with van der Waals surface area (Å²) in [5.41, 5.74) is 3.55. The van der Waals surface area contributed by atoms with Crippen LogP contribution in [0.5, 0.6) is 5.75 Å². The highest BCUT2D eigenvalue weighted by atomic mass is 16.5. The molecule has 128 valence electrons. The Kier molecular flexibility index (Phi) is 4.85. The Balaban J connectivity index is 1.68. The van der Waals surface area contributed by atoms with Crippen molar-refractivity contribution in [3.8, 4) is 5.75 Å². The first-order chi connectivity index (χ1) is 11.6. The van der Waals surface area contributed by atoms with Gasteiger partial charge < -0.3 is 20.1 Å². The highest BCUT2D eigenvalue weighted by Gasteiger charge is 2.16. The number of carbonyl (C=O) groups is 1. The predicted octanol–water partition coefficient (Wildman–Crippen LogP) is 2.85. The summed E-state index contributed by atoms with van der Waals surface area (Å²) >= 11 is 0. The molecule has 1 atom stereocenters. The Morgan fingerprint density at radius 2 is 2.21 bits per heavy atom. The topological polar surface area (TPSA) is 87.2 Å². The number of aromatic amines is 1. The minimum atomic E-state index is -0.986. The van der Waals surface area contributed by atoms with Gasteiger partial charge in [0.1, 0.15) is 17.1 Å². The van der Waals surface area contributed by atoms with Crippen molar-refractivity contribution in [1.29, 1.82) is 0 Å². The summed E-state index contributed by atoms with van der Waals surface area (Å²) in [5, 5.41) is 12.7. The monoisotopic (exact) mass is 329 g/mol. The van der Waals surface area contributed by atoms with Crippen LogP contribution in [0.15, 0.2) is 18.2 Å². The SMILES string of the molecule is COc1ccc([C@H](C)NCc2nc3c([nH]2)CCCC3)cc1C(=O)O. The quantitative estimate of drug-likeness (QED) is 0.758. The third-order valence-electron chi connectivity index (χ3n) is 4.53. The number of carboxylic acid groups (broad SMARTS) is 1. The second-order valence-corrected chi connectivity index (χ2v) is 6.18. The molecule has 0 unspecified atom stereocenters. The molecule has 1 aliphatic rings. The van der Waals surface area contributed by atoms with Crippen molar-refractivity contribution in [2.75, 3.05) is 7.11 Å². The van der Waals surface area contributed by atoms with Gasteiger partial charge in [0.2, 0.25) is 0 Å². The zero-order valence-electron chi connectivity index (χ0n) is 14.1. The molecule has 0 amide bonds. The molecular formula is C18H23N3O3. The Morgan fingerprint density at radius 3 is 2.92 bits per heavy atom. The standard InChI is InChI=1S/C18H23N3O3/c1-11(12-7-8-16(24-2)13(9-12)18(22)23)19-10-17-20-14-5-3-4-6-15(14)21-17/h7-9,11,19H,3-6,10H2,1-2H3,(H,20,21)(H,22,23)/t11-/m0/s1. The van der Waals surface area contributed by atoms with E-state index < -0.39 is 5.97 Å². The van der Waals surface area contributed by atoms with Crippen LogP contribution in [0, 0.1) is 0 Å². The lowest BCUT2D eigenvalue weighted by Gasteiger charge is -2.15. The van der Waals surface area contributed by atoms with Crippen LogP contribution in [0.2, 0.25) is 0 Å². The molecule has 1 aromatic heterocycles. The number of hydrogen-bond donors (Lipinski definition) is 3. The summed E-state index contributed by atoms with van der Waals surface area (Å²) in [5.74, 6) is 0.331. The lowest BCUT2D eigenvalue weighted by Crippen LogP contribution is -2.19. The molecule has 6 nitrogen and oxygen atoms in total. The average Bonchev–Trinajstić information content (AvgIpc) is 3.02. The van der Waals surface area contributed by atoms with Crippen LogP contribution in [0.1, 0.15) is 58.9 Å². The molecule has 0 aliphatic heterocycles. The van der Waals surface area contributed by atoms with Gasteiger partial charge in [-0.1, -0.05) is 6.07 Å². The molecule has 3 rings (SSSR count). The summed E-state index contributed by atoms with van der Waals surface area (Å²) in [6.07, 6.45) is 4.58. The maximum Gasteiger partial charge on any atom is 0.339 e. The fourth-order valence-corrected chi connectivity index (χ4v) is 3.13. The van der Waals surface area contributed by atoms with Crippen LogP contribution in [-0.2, 0) is 19.4 Å². The van der Waals surface area contributed by atoms with Crippen molar-refractivity contribution in [3.05, 3.63) is 46.5 Å². The van der Waals surface area contributed by atoms with Crippen LogP contribution in [-0.4, -0.2) is 28.2 Å². The highest BCUT2D eigenvalue weighted by molar-refractivity contribution is 5.91. The molecule has 24 heavy (non-hydrogen) atoms. The van der Waals surface area contributed by atoms with E-state index in [1.54, 1.807) is 12.1 Å². The zero-order valence-corrected chi connectivity index (χ0v) is 14.1. The van der Waals surface area contributed by atoms with E-state index >= 15 is 0 Å². The van der Waals surface area contributed by atoms with Crippen molar-refractivity contribution < 1.29 is 14.6 Å². The molecule has 0 radical (unpaired) electrons. The van der Waals surface area contributed by atoms with Crippen molar-refractivity contribution >= 4 is 5.97 Å². The van der Waals surface area contributed by atoms with Gasteiger partial charge in [-0.05, 0) is 50.3 Å². The van der Waals surface area contributed by atoms with Gasteiger partial charge in [0.15, 0.2) is 0 Å². The average molecular weight is 329 g/mol. The lowest BCUT2D eigenvalue weighted by atomic mass is 10.0. The van der Waals surface area contributed by atoms with E-state index in [0.29, 0.717) is 12.3 Å². The Morgan fingerprint density at radius 1 is 1.42 bits per heavy atom. The van der Waals surface area contributed by atoms with Crippen LogP contribution < -0.4 is 10.1 Å². The molecule has 2 aromatic rings. The number of aromatic nitrogens is 2. The number of imidazole rings is 1. The van der Waals surface area contributed by atoms with Gasteiger partial charge >= 0.3 is 5.97 Å². The van der Waals surface area contributed by atoms with E-state index in [-0.39, 0.29) is 11.6 Å². The number of benzene rings is 1. The van der Waals surface area contributed by atoms with Crippen molar-refractivity contribution in [2.24, 2.45) is 0 Å². The first-order valence-electron chi connectivity index (χ1n) is 8.29. The number of aryl methyl sites for hydroxylation is 2. The normalized spacial score (nSPS) is 14.9. The van der Waals surface area contributed by atoms with Crippen LogP contribution in [0.25, 0.3) is 0 Å². The molecule has 1 aromatic carbocycles. The molecule has 0 bridgehead atoms. The van der Waals surface area contributed by atoms with Gasteiger partial charge in [0.25, 0.3) is 0 Å². The van der Waals surface area contributed by atoms with Crippen molar-refractivity contribution in [1.82, 2.24) is 15.3 Å². The largest absolute Gasteiger partial charge is 0.496 e. The fraction of sp³-hybridized carbons (Fsp3) is 0.444. The van der Waals surface area contributed by atoms with E-state index in [1.807, 2.05) is 13.0 Å². The fourth-order valence-electron chi connectivity index (χ4n) is 3.13. The van der Waals surface area contributed by atoms with E-state index in [1.165, 1.54) is 31.3 Å². The molecule has 0 saturated heterocycles. The van der Waals surface area contributed by atoms with Crippen LogP contribution in [0.4, 0.5) is 0 Å². The molecule has 0 saturated carbocycles. The number of nitrogens with zero attached hydrogens (tertiary/aromatic N) is 1. The molecule has 1 heterocycles. The van der Waals surface area contributed by atoms with Crippen LogP contribution >= 0.6 is 0 Å². The highest BCUT2D eigenvalue weighted by Crippen LogP contribution is 2.24. The first-order valence-corrected chi connectivity index (χ1v) is 8.29. The number of fused-ring (bicyclic) bond motifs is 1. The maximum absolute atomic E-state index is 11.3. The van der Waals surface area contributed by atoms with E-state index in [0.717, 1.165) is 24.2 Å². The summed E-state index contributed by atoms with van der Waals surface area (Å²) in [7, 11) is 1.47. The summed E-state index contributed by atoms with van der Waals surface area (Å²) in [6.45, 7) is 2.64. The van der Waals surface area contributed by atoms with Crippen molar-refractivity contribution in [2.45, 2.75) is 45.2 Å². The molecule has 1 aliphatic carbocycles. The second-order valence-electron chi connectivity index (χ2n) is 6.18. The number of aromatic carboxylic acids is 1. The Hall–Kier alpha value is -2.34. The minimum absolute atomic E-state index is 0.0103. The van der Waals surface area contributed by atoms with Crippen LogP contribution in [0.3, 0.4) is 0 Å². The second kappa shape index (κ2) is 7.05. The third kappa shape index (κ3) is 3.43. The lowest BCUT2D eigenvalue weighted by molar-refractivity contribution is 0.0693. The summed E-state index contributed by atoms with van der Waals surface area (Å²) in [4.78, 5) is 19.4. The molecule has 0 fully saturated rings. The van der Waals surface area contributed by atoms with Gasteiger partial charge in [-0.15, -0.1) is 0 Å². The summed E-state index contributed by atoms with van der Waals surface area (Å²) in [6, 6.07) is 5.25. The van der Waals surface area contributed by atoms with Gasteiger partial charge in [0.05, 0.1) is 19.3 Å². The number of nitrogens with one attached hydrogen (secondary N) is 2. The third-order valence-corrected chi connectivity index (χ3v) is 4.53. The number of rotatable bonds is 6. The van der Waals surface area contributed by atoms with Gasteiger partial charge in [-0.2, -0.15) is 0 Å². The van der Waals surface area contributed by atoms with E-state index in [4.69, 9.17) is 4.74 Å². The number of ether oxygens (including phenoxy) is 1. The smallest absolute Gasteiger partial charge is 0.339 e. The predicted molar refractivity (Wildman–Crippen MR) is 90.4 cm³/mol. The maximum atomic E-state index is 11.3. The molecular weight excluding hydrogens is 306 g/mol. The molecule has 3 N–H and O–H groups in total. The Bertz CT molecular complexity index is 716. The molecule has 6 heteroatoms. The number of H-pyrrole nitrogens is 1. The van der Waals surface area contributed by atoms with E-state index in [9.17, 15) is 9.90 Å². The molecule has 0 spiro atoms. The number of hydrogen-bond acceptors (Lipinski definition) is 4. The zero-order chi connectivity index (χ0) is 17.1. The van der Waals surface area contributed by atoms with E-state index in [2.05, 4.69) is 15.3 Å². The minimum Gasteiger partial charge on any atom is -0.496 e. The number of methoxy groups -OCH3 is 1. The van der Waals surface area contributed by atoms with Crippen molar-refractivity contribution in [3.63, 3.8) is 0 Å². The van der Waals surface area contributed by atoms with Gasteiger partial charge in [0, 0.05) is 11.7 Å². The summed E-state index contributed by atoms with van der Waals surface area (Å²) < 4.78 is 5.10. The Labute approximate surface area is 141 Å². The first kappa shape index (κ1) is 16.5.